The van der Waals surface area contributed by atoms with E-state index in [4.69, 9.17) is 14.6 Å². The van der Waals surface area contributed by atoms with E-state index in [1.54, 1.807) is 24.3 Å². The van der Waals surface area contributed by atoms with Crippen molar-refractivity contribution >= 4 is 12.0 Å². The van der Waals surface area contributed by atoms with Gasteiger partial charge < -0.3 is 14.6 Å². The number of hydrogen-bond donors (Lipinski definition) is 1. The van der Waals surface area contributed by atoms with Gasteiger partial charge in [-0.3, -0.25) is 0 Å². The second kappa shape index (κ2) is 6.95. The van der Waals surface area contributed by atoms with Crippen molar-refractivity contribution in [2.45, 2.75) is 26.4 Å². The number of benzene rings is 1. The van der Waals surface area contributed by atoms with E-state index in [1.807, 2.05) is 32.9 Å². The third kappa shape index (κ3) is 6.62. The summed E-state index contributed by atoms with van der Waals surface area (Å²) in [4.78, 5) is 11.5. The Morgan fingerprint density at radius 1 is 1.26 bits per heavy atom. The van der Waals surface area contributed by atoms with Crippen molar-refractivity contribution < 1.29 is 19.4 Å². The third-order valence-electron chi connectivity index (χ3n) is 2.07. The van der Waals surface area contributed by atoms with Crippen LogP contribution < -0.4 is 4.74 Å². The lowest BCUT2D eigenvalue weighted by Crippen LogP contribution is -2.27. The maximum Gasteiger partial charge on any atom is 0.344 e. The number of rotatable bonds is 5. The molecule has 19 heavy (non-hydrogen) atoms. The summed E-state index contributed by atoms with van der Waals surface area (Å²) in [6, 6.07) is 7.22. The van der Waals surface area contributed by atoms with E-state index in [0.717, 1.165) is 5.56 Å². The van der Waals surface area contributed by atoms with E-state index in [1.165, 1.54) is 0 Å². The molecule has 0 aliphatic carbocycles. The number of ether oxygens (including phenoxy) is 2. The van der Waals surface area contributed by atoms with Gasteiger partial charge in [-0.25, -0.2) is 4.79 Å². The van der Waals surface area contributed by atoms with E-state index in [2.05, 4.69) is 0 Å². The summed E-state index contributed by atoms with van der Waals surface area (Å²) in [7, 11) is 0. The monoisotopic (exact) mass is 264 g/mol. The normalized spacial score (nSPS) is 11.6. The number of aliphatic hydroxyl groups is 1. The Hall–Kier alpha value is -1.81. The Bertz CT molecular complexity index is 426. The standard InChI is InChI=1S/C15H20O4/c1-15(2,3)19-14(17)11-18-13-8-6-12(7-9-13)5-4-10-16/h4-9,16H,10-11H2,1-3H3. The van der Waals surface area contributed by atoms with E-state index in [9.17, 15) is 4.79 Å². The van der Waals surface area contributed by atoms with Crippen molar-refractivity contribution in [1.82, 2.24) is 0 Å². The number of hydrogen-bond acceptors (Lipinski definition) is 4. The van der Waals surface area contributed by atoms with Crippen LogP contribution in [-0.4, -0.2) is 29.9 Å². The average molecular weight is 264 g/mol. The van der Waals surface area contributed by atoms with Gasteiger partial charge in [-0.05, 0) is 38.5 Å². The Balaban J connectivity index is 2.46. The molecule has 104 valence electrons. The van der Waals surface area contributed by atoms with E-state index < -0.39 is 11.6 Å². The van der Waals surface area contributed by atoms with Crippen molar-refractivity contribution in [2.24, 2.45) is 0 Å². The van der Waals surface area contributed by atoms with Gasteiger partial charge in [0.25, 0.3) is 0 Å². The van der Waals surface area contributed by atoms with Crippen LogP contribution in [0.4, 0.5) is 0 Å². The minimum Gasteiger partial charge on any atom is -0.482 e. The van der Waals surface area contributed by atoms with Crippen LogP contribution in [0.15, 0.2) is 30.3 Å². The van der Waals surface area contributed by atoms with E-state index >= 15 is 0 Å². The largest absolute Gasteiger partial charge is 0.482 e. The second-order valence-corrected chi connectivity index (χ2v) is 5.03. The van der Waals surface area contributed by atoms with Gasteiger partial charge in [-0.15, -0.1) is 0 Å². The highest BCUT2D eigenvalue weighted by atomic mass is 16.6. The Morgan fingerprint density at radius 3 is 2.42 bits per heavy atom. The highest BCUT2D eigenvalue weighted by Crippen LogP contribution is 2.14. The molecule has 0 radical (unpaired) electrons. The zero-order chi connectivity index (χ0) is 14.3. The van der Waals surface area contributed by atoms with Crippen LogP contribution in [0.3, 0.4) is 0 Å². The minimum absolute atomic E-state index is 0.0108. The molecule has 4 heteroatoms. The molecule has 0 bridgehead atoms. The average Bonchev–Trinajstić information content (AvgIpc) is 2.33. The molecule has 0 atom stereocenters. The first-order valence-electron chi connectivity index (χ1n) is 6.13. The van der Waals surface area contributed by atoms with Crippen LogP contribution >= 0.6 is 0 Å². The van der Waals surface area contributed by atoms with Crippen molar-refractivity contribution in [1.29, 1.82) is 0 Å². The summed E-state index contributed by atoms with van der Waals surface area (Å²) in [5.74, 6) is 0.212. The third-order valence-corrected chi connectivity index (χ3v) is 2.07. The highest BCUT2D eigenvalue weighted by Gasteiger charge is 2.16. The molecule has 1 aromatic rings. The fourth-order valence-corrected chi connectivity index (χ4v) is 1.38. The lowest BCUT2D eigenvalue weighted by atomic mass is 10.2. The quantitative estimate of drug-likeness (QED) is 0.830. The molecule has 0 saturated carbocycles. The summed E-state index contributed by atoms with van der Waals surface area (Å²) in [6.45, 7) is 5.34. The van der Waals surface area contributed by atoms with Gasteiger partial charge in [-0.2, -0.15) is 0 Å². The predicted octanol–water partition coefficient (Wildman–Crippen LogP) is 2.41. The van der Waals surface area contributed by atoms with Crippen LogP contribution in [0.2, 0.25) is 0 Å². The molecular weight excluding hydrogens is 244 g/mol. The first-order valence-corrected chi connectivity index (χ1v) is 6.13. The molecule has 0 unspecified atom stereocenters. The smallest absolute Gasteiger partial charge is 0.344 e. The molecule has 0 amide bonds. The first-order chi connectivity index (χ1) is 8.90. The van der Waals surface area contributed by atoms with Crippen molar-refractivity contribution in [3.63, 3.8) is 0 Å². The van der Waals surface area contributed by atoms with Crippen LogP contribution in [0.5, 0.6) is 5.75 Å². The molecule has 0 saturated heterocycles. The van der Waals surface area contributed by atoms with Gasteiger partial charge in [0.15, 0.2) is 6.61 Å². The zero-order valence-electron chi connectivity index (χ0n) is 11.6. The van der Waals surface area contributed by atoms with E-state index in [0.29, 0.717) is 5.75 Å². The molecular formula is C15H20O4. The van der Waals surface area contributed by atoms with Gasteiger partial charge in [0, 0.05) is 0 Å². The number of aliphatic hydroxyl groups excluding tert-OH is 1. The number of esters is 1. The first kappa shape index (κ1) is 15.2. The zero-order valence-corrected chi connectivity index (χ0v) is 11.6. The summed E-state index contributed by atoms with van der Waals surface area (Å²) in [5, 5.41) is 8.66. The molecule has 0 aliphatic heterocycles. The second-order valence-electron chi connectivity index (χ2n) is 5.03. The SMILES string of the molecule is CC(C)(C)OC(=O)COc1ccc(C=CCO)cc1. The highest BCUT2D eigenvalue weighted by molar-refractivity contribution is 5.71. The Kier molecular flexibility index (Phi) is 5.57. The molecule has 1 rings (SSSR count). The topological polar surface area (TPSA) is 55.8 Å². The van der Waals surface area contributed by atoms with Crippen LogP contribution in [0, 0.1) is 0 Å². The molecule has 0 fully saturated rings. The van der Waals surface area contributed by atoms with Gasteiger partial charge in [-0.1, -0.05) is 24.3 Å². The lowest BCUT2D eigenvalue weighted by molar-refractivity contribution is -0.157. The number of carbonyl (C=O) groups is 1. The maximum atomic E-state index is 11.5. The van der Waals surface area contributed by atoms with Crippen molar-refractivity contribution in [2.75, 3.05) is 13.2 Å². The summed E-state index contributed by atoms with van der Waals surface area (Å²) < 4.78 is 10.5. The molecule has 0 aliphatic rings. The molecule has 0 aromatic heterocycles. The van der Waals surface area contributed by atoms with Crippen molar-refractivity contribution in [3.05, 3.63) is 35.9 Å². The Labute approximate surface area is 113 Å². The van der Waals surface area contributed by atoms with Gasteiger partial charge in [0.05, 0.1) is 6.61 Å². The fraction of sp³-hybridized carbons (Fsp3) is 0.400. The van der Waals surface area contributed by atoms with Gasteiger partial charge in [0.2, 0.25) is 0 Å². The van der Waals surface area contributed by atoms with Gasteiger partial charge >= 0.3 is 5.97 Å². The summed E-state index contributed by atoms with van der Waals surface area (Å²) >= 11 is 0. The van der Waals surface area contributed by atoms with Gasteiger partial charge in [0.1, 0.15) is 11.4 Å². The molecule has 1 aromatic carbocycles. The molecule has 0 spiro atoms. The molecule has 1 N–H and O–H groups in total. The van der Waals surface area contributed by atoms with Crippen molar-refractivity contribution in [3.8, 4) is 5.75 Å². The summed E-state index contributed by atoms with van der Waals surface area (Å²) in [5.41, 5.74) is 0.456. The minimum atomic E-state index is -0.501. The van der Waals surface area contributed by atoms with Crippen LogP contribution in [0.25, 0.3) is 6.08 Å². The van der Waals surface area contributed by atoms with E-state index in [-0.39, 0.29) is 13.2 Å². The Morgan fingerprint density at radius 2 is 1.89 bits per heavy atom. The number of carbonyl (C=O) groups excluding carboxylic acids is 1. The fourth-order valence-electron chi connectivity index (χ4n) is 1.38. The predicted molar refractivity (Wildman–Crippen MR) is 73.9 cm³/mol. The maximum absolute atomic E-state index is 11.5. The van der Waals surface area contributed by atoms with Crippen LogP contribution in [0.1, 0.15) is 26.3 Å². The molecule has 4 nitrogen and oxygen atoms in total. The summed E-state index contributed by atoms with van der Waals surface area (Å²) in [6.07, 6.45) is 3.45. The van der Waals surface area contributed by atoms with Crippen LogP contribution in [-0.2, 0) is 9.53 Å². The lowest BCUT2D eigenvalue weighted by Gasteiger charge is -2.19. The molecule has 0 heterocycles.